The Balaban J connectivity index is 3.47. The summed E-state index contributed by atoms with van der Waals surface area (Å²) < 4.78 is 0.812. The Bertz CT molecular complexity index is 79.6. The molecule has 2 nitrogen and oxygen atoms in total. The molecule has 0 rings (SSSR count). The lowest BCUT2D eigenvalue weighted by Gasteiger charge is -2.25. The van der Waals surface area contributed by atoms with Gasteiger partial charge in [-0.2, -0.15) is 0 Å². The van der Waals surface area contributed by atoms with E-state index in [1.54, 1.807) is 0 Å². The van der Waals surface area contributed by atoms with Crippen LogP contribution in [0.3, 0.4) is 0 Å². The summed E-state index contributed by atoms with van der Waals surface area (Å²) in [5.41, 5.74) is 0. The highest BCUT2D eigenvalue weighted by atomic mass is 79.9. The van der Waals surface area contributed by atoms with Crippen molar-refractivity contribution in [3.63, 3.8) is 0 Å². The second kappa shape index (κ2) is 3.54. The predicted octanol–water partition coefficient (Wildman–Crippen LogP) is 0.448. The minimum atomic E-state index is -0.218. The van der Waals surface area contributed by atoms with E-state index in [2.05, 4.69) is 37.1 Å². The molecule has 0 aromatic carbocycles. The van der Waals surface area contributed by atoms with Gasteiger partial charge in [0.25, 0.3) is 0 Å². The van der Waals surface area contributed by atoms with Gasteiger partial charge in [0, 0.05) is 5.33 Å². The number of rotatable bonds is 3. The highest BCUT2D eigenvalue weighted by Gasteiger charge is 2.13. The Labute approximate surface area is 65.2 Å². The first kappa shape index (κ1) is 9.40. The fourth-order valence-corrected chi connectivity index (χ4v) is 0.886. The molecule has 0 amide bonds. The van der Waals surface area contributed by atoms with Crippen molar-refractivity contribution >= 4 is 15.9 Å². The molecule has 0 aliphatic rings. The molecular formula is C6H15BrNO+. The van der Waals surface area contributed by atoms with Crippen LogP contribution in [0.4, 0.5) is 0 Å². The zero-order chi connectivity index (χ0) is 7.49. The van der Waals surface area contributed by atoms with Crippen molar-refractivity contribution in [2.24, 2.45) is 0 Å². The molecule has 0 heterocycles. The Morgan fingerprint density at radius 1 is 1.44 bits per heavy atom. The van der Waals surface area contributed by atoms with Gasteiger partial charge in [-0.3, -0.25) is 0 Å². The SMILES string of the molecule is C[N+](C)(C)CC(O)CBr. The molecule has 1 atom stereocenters. The van der Waals surface area contributed by atoms with E-state index in [1.807, 2.05) is 0 Å². The van der Waals surface area contributed by atoms with Crippen molar-refractivity contribution < 1.29 is 9.59 Å². The first-order chi connectivity index (χ1) is 3.95. The maximum absolute atomic E-state index is 9.13. The molecule has 0 aromatic rings. The van der Waals surface area contributed by atoms with Gasteiger partial charge in [0.05, 0.1) is 21.1 Å². The Hall–Kier alpha value is 0.400. The molecule has 0 spiro atoms. The molecule has 0 radical (unpaired) electrons. The van der Waals surface area contributed by atoms with Gasteiger partial charge < -0.3 is 9.59 Å². The van der Waals surface area contributed by atoms with Crippen LogP contribution in [0.5, 0.6) is 0 Å². The first-order valence-electron chi connectivity index (χ1n) is 3.00. The van der Waals surface area contributed by atoms with Crippen LogP contribution in [0.1, 0.15) is 0 Å². The van der Waals surface area contributed by atoms with E-state index in [0.717, 1.165) is 11.0 Å². The van der Waals surface area contributed by atoms with Gasteiger partial charge in [0.15, 0.2) is 0 Å². The second-order valence-corrected chi connectivity index (χ2v) is 3.93. The summed E-state index contributed by atoms with van der Waals surface area (Å²) in [5.74, 6) is 0. The average molecular weight is 197 g/mol. The molecule has 0 fully saturated rings. The smallest absolute Gasteiger partial charge is 0.112 e. The Morgan fingerprint density at radius 2 is 1.89 bits per heavy atom. The maximum atomic E-state index is 9.13. The molecule has 0 saturated heterocycles. The van der Waals surface area contributed by atoms with Crippen molar-refractivity contribution in [2.75, 3.05) is 33.0 Å². The molecule has 3 heteroatoms. The first-order valence-corrected chi connectivity index (χ1v) is 4.12. The number of aliphatic hydroxyl groups excluding tert-OH is 1. The lowest BCUT2D eigenvalue weighted by atomic mass is 10.3. The molecule has 0 aliphatic carbocycles. The van der Waals surface area contributed by atoms with Gasteiger partial charge >= 0.3 is 0 Å². The minimum Gasteiger partial charge on any atom is -0.386 e. The Morgan fingerprint density at radius 3 is 2.00 bits per heavy atom. The van der Waals surface area contributed by atoms with Gasteiger partial charge in [-0.05, 0) is 0 Å². The van der Waals surface area contributed by atoms with Crippen molar-refractivity contribution in [1.82, 2.24) is 0 Å². The van der Waals surface area contributed by atoms with E-state index in [4.69, 9.17) is 5.11 Å². The van der Waals surface area contributed by atoms with E-state index in [-0.39, 0.29) is 6.10 Å². The third kappa shape index (κ3) is 6.28. The Kier molecular flexibility index (Phi) is 3.70. The number of halogens is 1. The fraction of sp³-hybridized carbons (Fsp3) is 1.00. The monoisotopic (exact) mass is 196 g/mol. The average Bonchev–Trinajstić information content (AvgIpc) is 1.62. The second-order valence-electron chi connectivity index (χ2n) is 3.28. The van der Waals surface area contributed by atoms with E-state index < -0.39 is 0 Å². The van der Waals surface area contributed by atoms with Crippen molar-refractivity contribution in [3.8, 4) is 0 Å². The van der Waals surface area contributed by atoms with E-state index >= 15 is 0 Å². The summed E-state index contributed by atoms with van der Waals surface area (Å²) in [6.07, 6.45) is -0.218. The zero-order valence-corrected chi connectivity index (χ0v) is 7.85. The van der Waals surface area contributed by atoms with E-state index in [0.29, 0.717) is 5.33 Å². The number of likely N-dealkylation sites (N-methyl/N-ethyl adjacent to an activating group) is 1. The van der Waals surface area contributed by atoms with Gasteiger partial charge in [0.2, 0.25) is 0 Å². The van der Waals surface area contributed by atoms with E-state index in [1.165, 1.54) is 0 Å². The number of hydrogen-bond donors (Lipinski definition) is 1. The van der Waals surface area contributed by atoms with Gasteiger partial charge in [-0.15, -0.1) is 0 Å². The molecule has 56 valence electrons. The van der Waals surface area contributed by atoms with Crippen LogP contribution in [0.15, 0.2) is 0 Å². The number of nitrogens with zero attached hydrogens (tertiary/aromatic N) is 1. The molecule has 9 heavy (non-hydrogen) atoms. The topological polar surface area (TPSA) is 20.2 Å². The highest BCUT2D eigenvalue weighted by molar-refractivity contribution is 9.09. The van der Waals surface area contributed by atoms with Crippen LogP contribution in [-0.4, -0.2) is 48.7 Å². The molecule has 0 aromatic heterocycles. The molecule has 1 unspecified atom stereocenters. The summed E-state index contributed by atoms with van der Waals surface area (Å²) >= 11 is 3.21. The van der Waals surface area contributed by atoms with Crippen molar-refractivity contribution in [3.05, 3.63) is 0 Å². The fourth-order valence-electron chi connectivity index (χ4n) is 0.681. The van der Waals surface area contributed by atoms with Crippen LogP contribution >= 0.6 is 15.9 Å². The normalized spacial score (nSPS) is 15.7. The number of alkyl halides is 1. The van der Waals surface area contributed by atoms with Crippen molar-refractivity contribution in [2.45, 2.75) is 6.10 Å². The predicted molar refractivity (Wildman–Crippen MR) is 42.7 cm³/mol. The molecule has 1 N–H and O–H groups in total. The zero-order valence-electron chi connectivity index (χ0n) is 6.26. The van der Waals surface area contributed by atoms with Crippen LogP contribution in [0, 0.1) is 0 Å². The third-order valence-corrected chi connectivity index (χ3v) is 1.68. The lowest BCUT2D eigenvalue weighted by molar-refractivity contribution is -0.873. The van der Waals surface area contributed by atoms with Gasteiger partial charge in [-0.1, -0.05) is 15.9 Å². The van der Waals surface area contributed by atoms with E-state index in [9.17, 15) is 0 Å². The highest BCUT2D eigenvalue weighted by Crippen LogP contribution is 1.97. The number of hydrogen-bond acceptors (Lipinski definition) is 1. The van der Waals surface area contributed by atoms with Crippen molar-refractivity contribution in [1.29, 1.82) is 0 Å². The standard InChI is InChI=1S/C6H15BrNO/c1-8(2,3)5-6(9)4-7/h6,9H,4-5H2,1-3H3/q+1. The van der Waals surface area contributed by atoms with Crippen LogP contribution < -0.4 is 0 Å². The van der Waals surface area contributed by atoms with Gasteiger partial charge in [0.1, 0.15) is 12.6 Å². The number of quaternary nitrogens is 1. The lowest BCUT2D eigenvalue weighted by Crippen LogP contribution is -2.41. The molecule has 0 bridgehead atoms. The molecule has 0 saturated carbocycles. The molecule has 0 aliphatic heterocycles. The summed E-state index contributed by atoms with van der Waals surface area (Å²) in [6, 6.07) is 0. The van der Waals surface area contributed by atoms with Gasteiger partial charge in [-0.25, -0.2) is 0 Å². The van der Waals surface area contributed by atoms with Crippen LogP contribution in [0.25, 0.3) is 0 Å². The summed E-state index contributed by atoms with van der Waals surface area (Å²) in [7, 11) is 6.18. The maximum Gasteiger partial charge on any atom is 0.112 e. The third-order valence-electron chi connectivity index (χ3n) is 0.937. The number of aliphatic hydroxyl groups is 1. The van der Waals surface area contributed by atoms with Crippen LogP contribution in [-0.2, 0) is 0 Å². The largest absolute Gasteiger partial charge is 0.386 e. The summed E-state index contributed by atoms with van der Waals surface area (Å²) in [5, 5.41) is 9.80. The summed E-state index contributed by atoms with van der Waals surface area (Å²) in [6.45, 7) is 0.797. The minimum absolute atomic E-state index is 0.218. The molecular weight excluding hydrogens is 182 g/mol. The summed E-state index contributed by atoms with van der Waals surface area (Å²) in [4.78, 5) is 0. The van der Waals surface area contributed by atoms with Crippen LogP contribution in [0.2, 0.25) is 0 Å². The quantitative estimate of drug-likeness (QED) is 0.514.